The number of hydrogen-bond donors (Lipinski definition) is 1. The summed E-state index contributed by atoms with van der Waals surface area (Å²) < 4.78 is 11.5. The molecule has 0 saturated carbocycles. The molecule has 6 nitrogen and oxygen atoms in total. The van der Waals surface area contributed by atoms with E-state index in [1.165, 1.54) is 7.11 Å². The maximum Gasteiger partial charge on any atom is 0.255 e. The van der Waals surface area contributed by atoms with Crippen LogP contribution in [-0.2, 0) is 0 Å². The number of anilines is 1. The van der Waals surface area contributed by atoms with E-state index in [0.717, 1.165) is 20.9 Å². The van der Waals surface area contributed by atoms with E-state index < -0.39 is 0 Å². The van der Waals surface area contributed by atoms with Gasteiger partial charge in [-0.1, -0.05) is 12.1 Å². The first-order valence-electron chi connectivity index (χ1n) is 8.53. The molecule has 0 saturated heterocycles. The van der Waals surface area contributed by atoms with Gasteiger partial charge in [0.05, 0.1) is 18.9 Å². The van der Waals surface area contributed by atoms with Gasteiger partial charge in [-0.15, -0.1) is 11.3 Å². The first-order valence-corrected chi connectivity index (χ1v) is 9.35. The van der Waals surface area contributed by atoms with Gasteiger partial charge < -0.3 is 14.8 Å². The second-order valence-electron chi connectivity index (χ2n) is 5.95. The molecule has 7 heteroatoms. The summed E-state index contributed by atoms with van der Waals surface area (Å²) in [6.45, 7) is 0. The zero-order valence-electron chi connectivity index (χ0n) is 15.3. The van der Waals surface area contributed by atoms with Crippen molar-refractivity contribution in [1.82, 2.24) is 9.97 Å². The van der Waals surface area contributed by atoms with Crippen LogP contribution in [0.3, 0.4) is 0 Å². The number of carbonyl (C=O) groups is 1. The number of ether oxygens (including phenoxy) is 2. The largest absolute Gasteiger partial charge is 0.493 e. The van der Waals surface area contributed by atoms with Gasteiger partial charge in [-0.25, -0.2) is 9.97 Å². The fraction of sp³-hybridized carbons (Fsp3) is 0.0952. The zero-order valence-corrected chi connectivity index (χ0v) is 16.1. The number of nitrogens with one attached hydrogen (secondary N) is 1. The summed E-state index contributed by atoms with van der Waals surface area (Å²) in [6.07, 6.45) is 1.73. The molecule has 0 aliphatic carbocycles. The molecule has 4 rings (SSSR count). The van der Waals surface area contributed by atoms with Crippen molar-refractivity contribution in [1.29, 1.82) is 0 Å². The van der Waals surface area contributed by atoms with Crippen LogP contribution in [0.1, 0.15) is 10.4 Å². The van der Waals surface area contributed by atoms with Crippen molar-refractivity contribution < 1.29 is 14.3 Å². The summed E-state index contributed by atoms with van der Waals surface area (Å²) in [4.78, 5) is 21.5. The standard InChI is InChI=1S/C21H17N3O3S/c1-26-16-9-8-13(12-17(16)27-2)20(25)23-15-6-3-5-14(11-15)21-24-19-18(28-21)7-4-10-22-19/h3-12H,1-2H3,(H,23,25). The maximum atomic E-state index is 12.6. The Morgan fingerprint density at radius 3 is 2.64 bits per heavy atom. The Morgan fingerprint density at radius 2 is 1.86 bits per heavy atom. The first kappa shape index (κ1) is 17.9. The third kappa shape index (κ3) is 3.52. The van der Waals surface area contributed by atoms with Crippen molar-refractivity contribution in [3.8, 4) is 22.1 Å². The molecule has 0 spiro atoms. The lowest BCUT2D eigenvalue weighted by atomic mass is 10.1. The van der Waals surface area contributed by atoms with Crippen molar-refractivity contribution in [2.75, 3.05) is 19.5 Å². The average Bonchev–Trinajstić information content (AvgIpc) is 3.17. The average molecular weight is 391 g/mol. The topological polar surface area (TPSA) is 73.3 Å². The SMILES string of the molecule is COc1ccc(C(=O)Nc2cccc(-c3nc4ncccc4s3)c2)cc1OC. The van der Waals surface area contributed by atoms with Gasteiger partial charge in [-0.3, -0.25) is 4.79 Å². The van der Waals surface area contributed by atoms with Crippen molar-refractivity contribution in [3.05, 3.63) is 66.4 Å². The molecule has 0 atom stereocenters. The van der Waals surface area contributed by atoms with Gasteiger partial charge in [-0.2, -0.15) is 0 Å². The highest BCUT2D eigenvalue weighted by Gasteiger charge is 2.12. The molecule has 1 amide bonds. The van der Waals surface area contributed by atoms with Crippen LogP contribution in [0.25, 0.3) is 20.9 Å². The van der Waals surface area contributed by atoms with Crippen LogP contribution in [-0.4, -0.2) is 30.1 Å². The number of amides is 1. The molecule has 140 valence electrons. The van der Waals surface area contributed by atoms with Gasteiger partial charge in [0.25, 0.3) is 5.91 Å². The Morgan fingerprint density at radius 1 is 1.00 bits per heavy atom. The van der Waals surface area contributed by atoms with Crippen molar-refractivity contribution in [3.63, 3.8) is 0 Å². The second-order valence-corrected chi connectivity index (χ2v) is 6.98. The molecule has 1 N–H and O–H groups in total. The van der Waals surface area contributed by atoms with E-state index in [1.807, 2.05) is 36.4 Å². The summed E-state index contributed by atoms with van der Waals surface area (Å²) in [5, 5.41) is 3.77. The lowest BCUT2D eigenvalue weighted by Gasteiger charge is -2.10. The summed E-state index contributed by atoms with van der Waals surface area (Å²) in [5.41, 5.74) is 2.81. The van der Waals surface area contributed by atoms with Crippen LogP contribution in [0.5, 0.6) is 11.5 Å². The van der Waals surface area contributed by atoms with Crippen molar-refractivity contribution in [2.24, 2.45) is 0 Å². The van der Waals surface area contributed by atoms with Gasteiger partial charge in [0.15, 0.2) is 17.1 Å². The van der Waals surface area contributed by atoms with Gasteiger partial charge in [0.2, 0.25) is 0 Å². The van der Waals surface area contributed by atoms with E-state index in [1.54, 1.807) is 42.8 Å². The smallest absolute Gasteiger partial charge is 0.255 e. The fourth-order valence-electron chi connectivity index (χ4n) is 2.80. The molecule has 0 fully saturated rings. The summed E-state index contributed by atoms with van der Waals surface area (Å²) in [7, 11) is 3.09. The minimum absolute atomic E-state index is 0.232. The number of hydrogen-bond acceptors (Lipinski definition) is 6. The van der Waals surface area contributed by atoms with Crippen LogP contribution in [0.15, 0.2) is 60.8 Å². The van der Waals surface area contributed by atoms with Crippen LogP contribution in [0.2, 0.25) is 0 Å². The van der Waals surface area contributed by atoms with E-state index in [9.17, 15) is 4.79 Å². The minimum atomic E-state index is -0.232. The van der Waals surface area contributed by atoms with E-state index in [0.29, 0.717) is 22.7 Å². The van der Waals surface area contributed by atoms with E-state index >= 15 is 0 Å². The Labute approximate surface area is 165 Å². The highest BCUT2D eigenvalue weighted by Crippen LogP contribution is 2.31. The minimum Gasteiger partial charge on any atom is -0.493 e. The van der Waals surface area contributed by atoms with Crippen molar-refractivity contribution in [2.45, 2.75) is 0 Å². The highest BCUT2D eigenvalue weighted by atomic mass is 32.1. The number of rotatable bonds is 5. The Hall–Kier alpha value is -3.45. The van der Waals surface area contributed by atoms with Crippen molar-refractivity contribution >= 4 is 33.3 Å². The molecular weight excluding hydrogens is 374 g/mol. The van der Waals surface area contributed by atoms with Gasteiger partial charge in [-0.05, 0) is 42.5 Å². The summed E-state index contributed by atoms with van der Waals surface area (Å²) >= 11 is 1.57. The molecule has 0 radical (unpaired) electrons. The number of carbonyl (C=O) groups excluding carboxylic acids is 1. The molecule has 0 aliphatic heterocycles. The number of fused-ring (bicyclic) bond motifs is 1. The molecular formula is C21H17N3O3S. The number of methoxy groups -OCH3 is 2. The predicted molar refractivity (Wildman–Crippen MR) is 110 cm³/mol. The number of pyridine rings is 1. The lowest BCUT2D eigenvalue weighted by molar-refractivity contribution is 0.102. The molecule has 2 heterocycles. The van der Waals surface area contributed by atoms with E-state index in [-0.39, 0.29) is 5.91 Å². The van der Waals surface area contributed by atoms with Crippen LogP contribution >= 0.6 is 11.3 Å². The molecule has 28 heavy (non-hydrogen) atoms. The monoisotopic (exact) mass is 391 g/mol. The Balaban J connectivity index is 1.59. The van der Waals surface area contributed by atoms with Crippen LogP contribution < -0.4 is 14.8 Å². The predicted octanol–water partition coefficient (Wildman–Crippen LogP) is 4.63. The van der Waals surface area contributed by atoms with Crippen LogP contribution in [0, 0.1) is 0 Å². The first-order chi connectivity index (χ1) is 13.7. The zero-order chi connectivity index (χ0) is 19.5. The van der Waals surface area contributed by atoms with Gasteiger partial charge in [0, 0.05) is 23.0 Å². The molecule has 4 aromatic rings. The fourth-order valence-corrected chi connectivity index (χ4v) is 3.72. The van der Waals surface area contributed by atoms with E-state index in [4.69, 9.17) is 9.47 Å². The lowest BCUT2D eigenvalue weighted by Crippen LogP contribution is -2.12. The number of thiazole rings is 1. The quantitative estimate of drug-likeness (QED) is 0.537. The number of nitrogens with zero attached hydrogens (tertiary/aromatic N) is 2. The summed E-state index contributed by atoms with van der Waals surface area (Å²) in [6, 6.07) is 16.5. The molecule has 0 unspecified atom stereocenters. The highest BCUT2D eigenvalue weighted by molar-refractivity contribution is 7.21. The number of benzene rings is 2. The third-order valence-electron chi connectivity index (χ3n) is 4.18. The normalized spacial score (nSPS) is 10.6. The van der Waals surface area contributed by atoms with Gasteiger partial charge in [0.1, 0.15) is 5.01 Å². The molecule has 2 aromatic heterocycles. The number of aromatic nitrogens is 2. The Bertz CT molecular complexity index is 1120. The third-order valence-corrected chi connectivity index (χ3v) is 5.24. The van der Waals surface area contributed by atoms with Gasteiger partial charge >= 0.3 is 0 Å². The maximum absolute atomic E-state index is 12.6. The molecule has 2 aromatic carbocycles. The van der Waals surface area contributed by atoms with Crippen LogP contribution in [0.4, 0.5) is 5.69 Å². The summed E-state index contributed by atoms with van der Waals surface area (Å²) in [5.74, 6) is 0.848. The molecule has 0 aliphatic rings. The second kappa shape index (κ2) is 7.66. The van der Waals surface area contributed by atoms with E-state index in [2.05, 4.69) is 15.3 Å². The molecule has 0 bridgehead atoms. The Kier molecular flexibility index (Phi) is 4.90.